The second-order valence-electron chi connectivity index (χ2n) is 25.1. The van der Waals surface area contributed by atoms with Gasteiger partial charge in [-0.15, -0.1) is 0 Å². The van der Waals surface area contributed by atoms with E-state index in [1.54, 1.807) is 0 Å². The Morgan fingerprint density at radius 1 is 0.438 bits per heavy atom. The summed E-state index contributed by atoms with van der Waals surface area (Å²) >= 11 is 0. The van der Waals surface area contributed by atoms with E-state index < -0.39 is 20.0 Å². The lowest BCUT2D eigenvalue weighted by Gasteiger charge is -2.27. The van der Waals surface area contributed by atoms with Crippen molar-refractivity contribution in [3.05, 3.63) is 36.5 Å². The number of phosphoric ester groups is 1. The van der Waals surface area contributed by atoms with Crippen LogP contribution in [0.5, 0.6) is 0 Å². The van der Waals surface area contributed by atoms with E-state index in [4.69, 9.17) is 13.8 Å². The van der Waals surface area contributed by atoms with Crippen molar-refractivity contribution >= 4 is 19.7 Å². The molecule has 3 unspecified atom stereocenters. The first-order valence-electron chi connectivity index (χ1n) is 34.8. The number of rotatable bonds is 64. The fraction of sp³-hybridized carbons (Fsp3) is 0.886. The Hall–Kier alpha value is -1.77. The van der Waals surface area contributed by atoms with Crippen molar-refractivity contribution < 1.29 is 37.3 Å². The van der Waals surface area contributed by atoms with E-state index >= 15 is 0 Å². The molecule has 0 rings (SSSR count). The van der Waals surface area contributed by atoms with Crippen LogP contribution in [0.2, 0.25) is 0 Å². The Kier molecular flexibility index (Phi) is 59.0. The molecule has 0 aliphatic carbocycles. The monoisotopic (exact) mass is 1150 g/mol. The van der Waals surface area contributed by atoms with Crippen molar-refractivity contribution in [2.24, 2.45) is 0 Å². The highest BCUT2D eigenvalue weighted by Gasteiger charge is 2.30. The molecule has 0 radical (unpaired) electrons. The first-order valence-corrected chi connectivity index (χ1v) is 36.3. The third kappa shape index (κ3) is 60.8. The van der Waals surface area contributed by atoms with Crippen LogP contribution >= 0.6 is 7.82 Å². The van der Waals surface area contributed by atoms with Crippen LogP contribution < -0.4 is 5.32 Å². The van der Waals surface area contributed by atoms with E-state index in [0.717, 1.165) is 77.0 Å². The topological polar surface area (TPSA) is 111 Å². The van der Waals surface area contributed by atoms with Gasteiger partial charge < -0.3 is 19.4 Å². The number of nitrogens with zero attached hydrogens (tertiary/aromatic N) is 1. The lowest BCUT2D eigenvalue weighted by atomic mass is 10.0. The molecule has 0 heterocycles. The highest BCUT2D eigenvalue weighted by Crippen LogP contribution is 2.43. The van der Waals surface area contributed by atoms with Gasteiger partial charge in [-0.1, -0.05) is 308 Å². The lowest BCUT2D eigenvalue weighted by molar-refractivity contribution is -0.870. The summed E-state index contributed by atoms with van der Waals surface area (Å²) in [6, 6.07) is -0.849. The number of likely N-dealkylation sites (N-methyl/N-ethyl adjacent to an activating group) is 1. The zero-order valence-corrected chi connectivity index (χ0v) is 55.0. The summed E-state index contributed by atoms with van der Waals surface area (Å²) in [6.07, 6.45) is 74.4. The maximum Gasteiger partial charge on any atom is 0.472 e. The van der Waals surface area contributed by atoms with Crippen molar-refractivity contribution in [2.45, 2.75) is 360 Å². The van der Waals surface area contributed by atoms with Gasteiger partial charge in [0, 0.05) is 12.8 Å². The Balaban J connectivity index is 5.04. The molecule has 0 aromatic carbocycles. The van der Waals surface area contributed by atoms with Crippen molar-refractivity contribution in [3.63, 3.8) is 0 Å². The molecule has 2 N–H and O–H groups in total. The van der Waals surface area contributed by atoms with Crippen LogP contribution in [0.4, 0.5) is 0 Å². The molecule has 0 saturated carbocycles. The second kappa shape index (κ2) is 60.4. The predicted molar refractivity (Wildman–Crippen MR) is 346 cm³/mol. The number of ether oxygens (including phenoxy) is 1. The van der Waals surface area contributed by atoms with Crippen molar-refractivity contribution in [1.29, 1.82) is 0 Å². The first kappa shape index (κ1) is 78.2. The van der Waals surface area contributed by atoms with E-state index in [9.17, 15) is 19.0 Å². The quantitative estimate of drug-likeness (QED) is 0.0205. The molecule has 0 aliphatic rings. The van der Waals surface area contributed by atoms with Crippen LogP contribution in [0, 0.1) is 0 Å². The Bertz CT molecular complexity index is 1460. The molecular weight excluding hydrogens is 1010 g/mol. The average molecular weight is 1150 g/mol. The summed E-state index contributed by atoms with van der Waals surface area (Å²) in [7, 11) is 1.51. The zero-order chi connectivity index (χ0) is 58.6. The summed E-state index contributed by atoms with van der Waals surface area (Å²) in [5, 5.41) is 3.07. The van der Waals surface area contributed by atoms with Crippen LogP contribution in [0.25, 0.3) is 0 Å². The highest BCUT2D eigenvalue weighted by molar-refractivity contribution is 7.47. The van der Waals surface area contributed by atoms with Crippen molar-refractivity contribution in [3.8, 4) is 0 Å². The van der Waals surface area contributed by atoms with Crippen molar-refractivity contribution in [2.75, 3.05) is 40.9 Å². The molecule has 0 aromatic heterocycles. The Morgan fingerprint density at radius 3 is 1.15 bits per heavy atom. The number of carbonyl (C=O) groups excluding carboxylic acids is 2. The molecule has 10 heteroatoms. The Labute approximate surface area is 497 Å². The summed E-state index contributed by atoms with van der Waals surface area (Å²) < 4.78 is 30.8. The van der Waals surface area contributed by atoms with Gasteiger partial charge in [0.15, 0.2) is 0 Å². The van der Waals surface area contributed by atoms with Gasteiger partial charge in [-0.3, -0.25) is 18.6 Å². The average Bonchev–Trinajstić information content (AvgIpc) is 3.42. The number of carbonyl (C=O) groups is 2. The zero-order valence-electron chi connectivity index (χ0n) is 54.1. The lowest BCUT2D eigenvalue weighted by Crippen LogP contribution is -2.47. The largest absolute Gasteiger partial charge is 0.472 e. The van der Waals surface area contributed by atoms with Crippen LogP contribution in [0.1, 0.15) is 348 Å². The van der Waals surface area contributed by atoms with Gasteiger partial charge in [0.25, 0.3) is 0 Å². The fourth-order valence-corrected chi connectivity index (χ4v) is 11.2. The second-order valence-corrected chi connectivity index (χ2v) is 26.5. The number of amides is 1. The highest BCUT2D eigenvalue weighted by atomic mass is 31.2. The number of hydrogen-bond acceptors (Lipinski definition) is 6. The minimum absolute atomic E-state index is 0.0409. The van der Waals surface area contributed by atoms with Crippen LogP contribution in [-0.2, 0) is 27.9 Å². The molecule has 0 aliphatic heterocycles. The van der Waals surface area contributed by atoms with Gasteiger partial charge >= 0.3 is 13.8 Å². The smallest absolute Gasteiger partial charge is 0.456 e. The molecule has 0 saturated heterocycles. The van der Waals surface area contributed by atoms with Gasteiger partial charge in [0.2, 0.25) is 5.91 Å². The molecule has 9 nitrogen and oxygen atoms in total. The van der Waals surface area contributed by atoms with E-state index in [-0.39, 0.29) is 25.1 Å². The van der Waals surface area contributed by atoms with E-state index in [1.807, 2.05) is 33.3 Å². The van der Waals surface area contributed by atoms with Crippen LogP contribution in [0.3, 0.4) is 0 Å². The number of hydrogen-bond donors (Lipinski definition) is 2. The minimum atomic E-state index is -4.45. The molecule has 472 valence electrons. The number of unbranched alkanes of at least 4 members (excludes halogenated alkanes) is 44. The van der Waals surface area contributed by atoms with Gasteiger partial charge in [-0.05, 0) is 63.9 Å². The summed E-state index contributed by atoms with van der Waals surface area (Å²) in [5.41, 5.74) is 0. The predicted octanol–water partition coefficient (Wildman–Crippen LogP) is 21.8. The summed E-state index contributed by atoms with van der Waals surface area (Å²) in [4.78, 5) is 37.8. The molecule has 0 fully saturated rings. The maximum atomic E-state index is 13.6. The summed E-state index contributed by atoms with van der Waals surface area (Å²) in [6.45, 7) is 7.03. The number of nitrogens with one attached hydrogen (secondary N) is 1. The standard InChI is InChI=1S/C70H135N2O7P/c1-7-10-13-16-19-22-25-28-30-32-33-34-35-36-37-38-39-41-43-45-48-51-54-57-60-63-70(74)79-68(61-58-55-52-49-46-27-24-21-18-15-12-9-3)67(66-78-80(75,76)77-65-64-72(4,5)6)71-69(73)62-59-56-53-50-47-44-42-40-31-29-26-23-20-17-14-11-8-2/h20,23,29,31,58,61,67-68H,7-19,21-22,24-28,30,32-57,59-60,62-66H2,1-6H3,(H-,71,73,75,76)/p+1/b23-20-,31-29-,61-58-. The molecule has 1 amide bonds. The molecule has 0 bridgehead atoms. The molecule has 80 heavy (non-hydrogen) atoms. The molecule has 0 aromatic rings. The maximum absolute atomic E-state index is 13.6. The van der Waals surface area contributed by atoms with Gasteiger partial charge in [-0.2, -0.15) is 0 Å². The third-order valence-corrected chi connectivity index (χ3v) is 16.8. The number of phosphoric acid groups is 1. The number of quaternary nitrogens is 1. The fourth-order valence-electron chi connectivity index (χ4n) is 10.4. The molecule has 3 atom stereocenters. The molecular formula is C70H136N2O7P+. The van der Waals surface area contributed by atoms with Gasteiger partial charge in [0.1, 0.15) is 19.3 Å². The molecule has 0 spiro atoms. The van der Waals surface area contributed by atoms with Crippen LogP contribution in [0.15, 0.2) is 36.5 Å². The van der Waals surface area contributed by atoms with Crippen LogP contribution in [-0.4, -0.2) is 74.3 Å². The number of esters is 1. The number of allylic oxidation sites excluding steroid dienone is 5. The van der Waals surface area contributed by atoms with E-state index in [1.165, 1.54) is 238 Å². The SMILES string of the molecule is CCCCC/C=C\C/C=C\CCCCCCCCCC(=O)NC(COP(=O)(O)OCC[N+](C)(C)C)C(/C=C\CCCCCCCCCCCC)OC(=O)CCCCCCCCCCCCCCCCCCCCCCCCCCC. The van der Waals surface area contributed by atoms with Gasteiger partial charge in [0.05, 0.1) is 33.8 Å². The van der Waals surface area contributed by atoms with E-state index in [2.05, 4.69) is 50.4 Å². The van der Waals surface area contributed by atoms with Crippen molar-refractivity contribution in [1.82, 2.24) is 5.32 Å². The summed E-state index contributed by atoms with van der Waals surface area (Å²) in [5.74, 6) is -0.496. The van der Waals surface area contributed by atoms with Gasteiger partial charge in [-0.25, -0.2) is 4.57 Å². The Morgan fingerprint density at radius 2 is 0.762 bits per heavy atom. The first-order chi connectivity index (χ1) is 38.9. The normalized spacial score (nSPS) is 13.7. The van der Waals surface area contributed by atoms with E-state index in [0.29, 0.717) is 23.9 Å². The third-order valence-electron chi connectivity index (χ3n) is 15.8. The minimum Gasteiger partial charge on any atom is -0.456 e.